The van der Waals surface area contributed by atoms with Gasteiger partial charge in [0, 0.05) is 19.3 Å². The molecule has 0 saturated carbocycles. The van der Waals surface area contributed by atoms with Gasteiger partial charge in [-0.15, -0.1) is 0 Å². The Morgan fingerprint density at radius 3 is 2.73 bits per heavy atom. The predicted octanol–water partition coefficient (Wildman–Crippen LogP) is 2.74. The molecule has 1 fully saturated rings. The number of piperidine rings is 1. The lowest BCUT2D eigenvalue weighted by atomic mass is 9.99. The first kappa shape index (κ1) is 14.6. The summed E-state index contributed by atoms with van der Waals surface area (Å²) >= 11 is 0. The summed E-state index contributed by atoms with van der Waals surface area (Å²) in [5, 5.41) is 3.19. The van der Waals surface area contributed by atoms with E-state index in [1.54, 1.807) is 12.5 Å². The van der Waals surface area contributed by atoms with Crippen molar-refractivity contribution in [1.82, 2.24) is 15.0 Å². The van der Waals surface area contributed by atoms with Gasteiger partial charge in [-0.25, -0.2) is 15.0 Å². The minimum atomic E-state index is 0.584. The summed E-state index contributed by atoms with van der Waals surface area (Å²) in [6.07, 6.45) is 5.67. The van der Waals surface area contributed by atoms with Crippen molar-refractivity contribution in [3.8, 4) is 0 Å². The van der Waals surface area contributed by atoms with E-state index in [-0.39, 0.29) is 0 Å². The van der Waals surface area contributed by atoms with Crippen molar-refractivity contribution >= 4 is 23.1 Å². The van der Waals surface area contributed by atoms with Gasteiger partial charge in [0.25, 0.3) is 0 Å². The van der Waals surface area contributed by atoms with Gasteiger partial charge in [0.2, 0.25) is 0 Å². The molecule has 3 rings (SSSR count). The smallest absolute Gasteiger partial charge is 0.160 e. The number of nitrogens with one attached hydrogen (secondary N) is 1. The van der Waals surface area contributed by atoms with E-state index in [0.29, 0.717) is 11.5 Å². The normalized spacial score (nSPS) is 15.8. The molecular formula is C16H22N6. The topological polar surface area (TPSA) is 80.0 Å². The van der Waals surface area contributed by atoms with E-state index in [9.17, 15) is 0 Å². The molecule has 1 aliphatic heterocycles. The molecule has 0 bridgehead atoms. The lowest BCUT2D eigenvalue weighted by Gasteiger charge is -2.32. The van der Waals surface area contributed by atoms with E-state index in [0.717, 1.165) is 36.2 Å². The van der Waals surface area contributed by atoms with E-state index >= 15 is 0 Å². The summed E-state index contributed by atoms with van der Waals surface area (Å²) in [5.74, 6) is 2.94. The fourth-order valence-electron chi connectivity index (χ4n) is 2.68. The van der Waals surface area contributed by atoms with Crippen LogP contribution in [0.25, 0.3) is 0 Å². The van der Waals surface area contributed by atoms with Gasteiger partial charge in [-0.3, -0.25) is 0 Å². The first-order valence-electron chi connectivity index (χ1n) is 7.68. The Morgan fingerprint density at radius 2 is 2.00 bits per heavy atom. The largest absolute Gasteiger partial charge is 0.393 e. The third-order valence-corrected chi connectivity index (χ3v) is 4.11. The number of hydrogen-bond acceptors (Lipinski definition) is 6. The van der Waals surface area contributed by atoms with Crippen LogP contribution in [0.2, 0.25) is 0 Å². The molecule has 0 spiro atoms. The Kier molecular flexibility index (Phi) is 4.09. The van der Waals surface area contributed by atoms with Crippen LogP contribution < -0.4 is 16.0 Å². The zero-order chi connectivity index (χ0) is 15.5. The van der Waals surface area contributed by atoms with Crippen molar-refractivity contribution in [3.63, 3.8) is 0 Å². The summed E-state index contributed by atoms with van der Waals surface area (Å²) in [6.45, 7) is 6.29. The first-order valence-corrected chi connectivity index (χ1v) is 7.68. The van der Waals surface area contributed by atoms with Gasteiger partial charge in [-0.1, -0.05) is 6.92 Å². The number of hydrogen-bond donors (Lipinski definition) is 2. The number of anilines is 4. The van der Waals surface area contributed by atoms with E-state index in [1.165, 1.54) is 12.8 Å². The van der Waals surface area contributed by atoms with Crippen molar-refractivity contribution in [3.05, 3.63) is 30.2 Å². The molecular weight excluding hydrogens is 276 g/mol. The average molecular weight is 298 g/mol. The summed E-state index contributed by atoms with van der Waals surface area (Å²) in [7, 11) is 0. The molecule has 2 aromatic rings. The Hall–Kier alpha value is -2.37. The molecule has 0 radical (unpaired) electrons. The van der Waals surface area contributed by atoms with Gasteiger partial charge < -0.3 is 16.0 Å². The van der Waals surface area contributed by atoms with E-state index in [4.69, 9.17) is 5.73 Å². The Balaban J connectivity index is 1.83. The number of pyridine rings is 1. The predicted molar refractivity (Wildman–Crippen MR) is 89.3 cm³/mol. The maximum absolute atomic E-state index is 6.28. The van der Waals surface area contributed by atoms with Crippen LogP contribution in [0.1, 0.15) is 25.3 Å². The van der Waals surface area contributed by atoms with Crippen LogP contribution in [0.5, 0.6) is 0 Å². The highest BCUT2D eigenvalue weighted by Gasteiger charge is 2.20. The average Bonchev–Trinajstić information content (AvgIpc) is 2.51. The van der Waals surface area contributed by atoms with E-state index in [2.05, 4.69) is 32.1 Å². The van der Waals surface area contributed by atoms with E-state index < -0.39 is 0 Å². The Morgan fingerprint density at radius 1 is 1.23 bits per heavy atom. The molecule has 0 atom stereocenters. The van der Waals surface area contributed by atoms with Crippen LogP contribution in [0.15, 0.2) is 24.7 Å². The van der Waals surface area contributed by atoms with Gasteiger partial charge in [-0.05, 0) is 43.4 Å². The monoisotopic (exact) mass is 298 g/mol. The second-order valence-electron chi connectivity index (χ2n) is 5.97. The van der Waals surface area contributed by atoms with Gasteiger partial charge in [0.1, 0.15) is 17.8 Å². The highest BCUT2D eigenvalue weighted by Crippen LogP contribution is 2.30. The SMILES string of the molecule is Cc1ccnc(Nc2ncnc(N3CCC(C)CC3)c2N)c1. The molecule has 2 aromatic heterocycles. The third-order valence-electron chi connectivity index (χ3n) is 4.11. The highest BCUT2D eigenvalue weighted by atomic mass is 15.2. The summed E-state index contributed by atoms with van der Waals surface area (Å²) in [4.78, 5) is 15.2. The second-order valence-corrected chi connectivity index (χ2v) is 5.97. The van der Waals surface area contributed by atoms with Crippen LogP contribution in [-0.4, -0.2) is 28.0 Å². The van der Waals surface area contributed by atoms with Gasteiger partial charge >= 0.3 is 0 Å². The Labute approximate surface area is 130 Å². The van der Waals surface area contributed by atoms with Crippen molar-refractivity contribution in [2.45, 2.75) is 26.7 Å². The highest BCUT2D eigenvalue weighted by molar-refractivity contribution is 5.77. The molecule has 6 nitrogen and oxygen atoms in total. The molecule has 0 aliphatic carbocycles. The molecule has 1 aliphatic rings. The maximum Gasteiger partial charge on any atom is 0.160 e. The molecule has 0 aromatic carbocycles. The van der Waals surface area contributed by atoms with Gasteiger partial charge in [0.05, 0.1) is 0 Å². The second kappa shape index (κ2) is 6.17. The van der Waals surface area contributed by atoms with Crippen LogP contribution >= 0.6 is 0 Å². The number of nitrogens with two attached hydrogens (primary N) is 1. The maximum atomic E-state index is 6.28. The van der Waals surface area contributed by atoms with Crippen LogP contribution in [0.3, 0.4) is 0 Å². The first-order chi connectivity index (χ1) is 10.6. The zero-order valence-corrected chi connectivity index (χ0v) is 13.1. The summed E-state index contributed by atoms with van der Waals surface area (Å²) in [5.41, 5.74) is 8.00. The van der Waals surface area contributed by atoms with Gasteiger partial charge in [0.15, 0.2) is 11.6 Å². The minimum absolute atomic E-state index is 0.584. The third kappa shape index (κ3) is 3.10. The van der Waals surface area contributed by atoms with Crippen molar-refractivity contribution < 1.29 is 0 Å². The van der Waals surface area contributed by atoms with Crippen molar-refractivity contribution in [2.24, 2.45) is 5.92 Å². The van der Waals surface area contributed by atoms with E-state index in [1.807, 2.05) is 19.1 Å². The Bertz CT molecular complexity index is 649. The van der Waals surface area contributed by atoms with Gasteiger partial charge in [-0.2, -0.15) is 0 Å². The number of rotatable bonds is 3. The number of aromatic nitrogens is 3. The number of nitrogen functional groups attached to an aromatic ring is 1. The lowest BCUT2D eigenvalue weighted by Crippen LogP contribution is -2.34. The quantitative estimate of drug-likeness (QED) is 0.907. The standard InChI is InChI=1S/C16H22N6/c1-11-4-7-22(8-5-11)16-14(17)15(19-10-20-16)21-13-9-12(2)3-6-18-13/h3,6,9-11H,4-5,7-8,17H2,1-2H3,(H,18,19,20,21). The molecule has 6 heteroatoms. The lowest BCUT2D eigenvalue weighted by molar-refractivity contribution is 0.437. The zero-order valence-electron chi connectivity index (χ0n) is 13.1. The fourth-order valence-corrected chi connectivity index (χ4v) is 2.68. The number of aryl methyl sites for hydroxylation is 1. The molecule has 1 saturated heterocycles. The fraction of sp³-hybridized carbons (Fsp3) is 0.438. The van der Waals surface area contributed by atoms with Crippen LogP contribution in [0, 0.1) is 12.8 Å². The molecule has 0 amide bonds. The minimum Gasteiger partial charge on any atom is -0.393 e. The van der Waals surface area contributed by atoms with Crippen molar-refractivity contribution in [1.29, 1.82) is 0 Å². The van der Waals surface area contributed by atoms with Crippen LogP contribution in [-0.2, 0) is 0 Å². The van der Waals surface area contributed by atoms with Crippen LogP contribution in [0.4, 0.5) is 23.1 Å². The molecule has 116 valence electrons. The molecule has 3 N–H and O–H groups in total. The molecule has 3 heterocycles. The molecule has 0 unspecified atom stereocenters. The van der Waals surface area contributed by atoms with Crippen molar-refractivity contribution in [2.75, 3.05) is 29.0 Å². The summed E-state index contributed by atoms with van der Waals surface area (Å²) in [6, 6.07) is 3.92. The number of nitrogens with zero attached hydrogens (tertiary/aromatic N) is 4. The summed E-state index contributed by atoms with van der Waals surface area (Å²) < 4.78 is 0. The molecule has 22 heavy (non-hydrogen) atoms.